The van der Waals surface area contributed by atoms with Gasteiger partial charge in [-0.3, -0.25) is 0 Å². The highest BCUT2D eigenvalue weighted by Gasteiger charge is 2.16. The summed E-state index contributed by atoms with van der Waals surface area (Å²) in [6.07, 6.45) is 0. The van der Waals surface area contributed by atoms with Crippen molar-refractivity contribution in [2.75, 3.05) is 4.90 Å². The van der Waals surface area contributed by atoms with Gasteiger partial charge in [-0.05, 0) is 37.6 Å². The van der Waals surface area contributed by atoms with Crippen molar-refractivity contribution in [1.82, 2.24) is 0 Å². The highest BCUT2D eigenvalue weighted by Crippen LogP contribution is 2.23. The first-order chi connectivity index (χ1) is 9.99. The average Bonchev–Trinajstić information content (AvgIpc) is 2.45. The predicted octanol–water partition coefficient (Wildman–Crippen LogP) is 3.94. The van der Waals surface area contributed by atoms with Crippen LogP contribution in [0.2, 0.25) is 0 Å². The van der Waals surface area contributed by atoms with Crippen LogP contribution < -0.4 is 4.90 Å². The number of carboxylic acid groups (broad SMARTS) is 1. The molecule has 0 aromatic heterocycles. The van der Waals surface area contributed by atoms with E-state index < -0.39 is 11.8 Å². The van der Waals surface area contributed by atoms with E-state index in [0.717, 1.165) is 5.56 Å². The maximum atomic E-state index is 13.9. The second kappa shape index (κ2) is 6.39. The van der Waals surface area contributed by atoms with Gasteiger partial charge in [0.2, 0.25) is 0 Å². The molecule has 0 saturated heterocycles. The maximum absolute atomic E-state index is 13.9. The van der Waals surface area contributed by atoms with Crippen LogP contribution in [0.15, 0.2) is 48.5 Å². The highest BCUT2D eigenvalue weighted by molar-refractivity contribution is 5.88. The Hall–Kier alpha value is -2.36. The zero-order valence-corrected chi connectivity index (χ0v) is 12.1. The number of rotatable bonds is 5. The second-order valence-corrected chi connectivity index (χ2v) is 5.18. The summed E-state index contributed by atoms with van der Waals surface area (Å²) >= 11 is 0. The fourth-order valence-electron chi connectivity index (χ4n) is 2.21. The van der Waals surface area contributed by atoms with E-state index in [1.807, 2.05) is 49.1 Å². The number of aromatic carboxylic acids is 1. The van der Waals surface area contributed by atoms with E-state index >= 15 is 0 Å². The summed E-state index contributed by atoms with van der Waals surface area (Å²) in [6, 6.07) is 14.3. The molecule has 21 heavy (non-hydrogen) atoms. The standard InChI is InChI=1S/C17H18FNO2/c1-12(2)19(11-13-6-4-3-5-7-13)14-8-9-15(17(20)21)16(18)10-14/h3-10,12H,11H2,1-2H3,(H,20,21). The number of hydrogen-bond donors (Lipinski definition) is 1. The molecule has 0 atom stereocenters. The molecule has 2 aromatic carbocycles. The maximum Gasteiger partial charge on any atom is 0.338 e. The molecule has 0 heterocycles. The van der Waals surface area contributed by atoms with Crippen LogP contribution >= 0.6 is 0 Å². The van der Waals surface area contributed by atoms with Crippen LogP contribution in [0, 0.1) is 5.82 Å². The largest absolute Gasteiger partial charge is 0.478 e. The van der Waals surface area contributed by atoms with Crippen LogP contribution in [-0.2, 0) is 6.54 Å². The van der Waals surface area contributed by atoms with Gasteiger partial charge in [-0.25, -0.2) is 9.18 Å². The van der Waals surface area contributed by atoms with Crippen molar-refractivity contribution < 1.29 is 14.3 Å². The third kappa shape index (κ3) is 3.60. The van der Waals surface area contributed by atoms with Crippen LogP contribution in [0.1, 0.15) is 29.8 Å². The van der Waals surface area contributed by atoms with Crippen molar-refractivity contribution in [1.29, 1.82) is 0 Å². The number of anilines is 1. The number of hydrogen-bond acceptors (Lipinski definition) is 2. The van der Waals surface area contributed by atoms with Crippen LogP contribution in [0.25, 0.3) is 0 Å². The highest BCUT2D eigenvalue weighted by atomic mass is 19.1. The molecule has 0 fully saturated rings. The molecule has 2 aromatic rings. The number of halogens is 1. The minimum Gasteiger partial charge on any atom is -0.478 e. The Morgan fingerprint density at radius 3 is 2.38 bits per heavy atom. The van der Waals surface area contributed by atoms with Crippen molar-refractivity contribution in [2.24, 2.45) is 0 Å². The molecular formula is C17H18FNO2. The Balaban J connectivity index is 2.31. The van der Waals surface area contributed by atoms with Gasteiger partial charge in [-0.15, -0.1) is 0 Å². The van der Waals surface area contributed by atoms with Gasteiger partial charge < -0.3 is 10.0 Å². The molecule has 110 valence electrons. The zero-order valence-electron chi connectivity index (χ0n) is 12.1. The fourth-order valence-corrected chi connectivity index (χ4v) is 2.21. The molecule has 1 N–H and O–H groups in total. The minimum absolute atomic E-state index is 0.167. The van der Waals surface area contributed by atoms with Gasteiger partial charge >= 0.3 is 5.97 Å². The van der Waals surface area contributed by atoms with Gasteiger partial charge in [0.1, 0.15) is 5.82 Å². The number of carbonyl (C=O) groups is 1. The van der Waals surface area contributed by atoms with Crippen molar-refractivity contribution in [3.05, 3.63) is 65.5 Å². The third-order valence-corrected chi connectivity index (χ3v) is 3.33. The lowest BCUT2D eigenvalue weighted by atomic mass is 10.1. The summed E-state index contributed by atoms with van der Waals surface area (Å²) in [6.45, 7) is 4.68. The summed E-state index contributed by atoms with van der Waals surface area (Å²) in [4.78, 5) is 12.9. The van der Waals surface area contributed by atoms with Crippen LogP contribution in [0.4, 0.5) is 10.1 Å². The molecule has 0 aliphatic carbocycles. The van der Waals surface area contributed by atoms with E-state index in [2.05, 4.69) is 0 Å². The summed E-state index contributed by atoms with van der Waals surface area (Å²) in [5.74, 6) is -1.96. The van der Waals surface area contributed by atoms with E-state index in [1.54, 1.807) is 6.07 Å². The molecule has 0 saturated carbocycles. The van der Waals surface area contributed by atoms with Crippen molar-refractivity contribution in [3.8, 4) is 0 Å². The predicted molar refractivity (Wildman–Crippen MR) is 81.1 cm³/mol. The Labute approximate surface area is 123 Å². The van der Waals surface area contributed by atoms with E-state index in [0.29, 0.717) is 12.2 Å². The Morgan fingerprint density at radius 2 is 1.86 bits per heavy atom. The third-order valence-electron chi connectivity index (χ3n) is 3.33. The molecular weight excluding hydrogens is 269 g/mol. The number of benzene rings is 2. The summed E-state index contributed by atoms with van der Waals surface area (Å²) in [7, 11) is 0. The quantitative estimate of drug-likeness (QED) is 0.905. The van der Waals surface area contributed by atoms with Gasteiger partial charge in [0.15, 0.2) is 0 Å². The van der Waals surface area contributed by atoms with E-state index in [9.17, 15) is 9.18 Å². The zero-order chi connectivity index (χ0) is 15.4. The molecule has 0 unspecified atom stereocenters. The first kappa shape index (κ1) is 15.0. The van der Waals surface area contributed by atoms with Gasteiger partial charge in [0.05, 0.1) is 5.56 Å². The molecule has 0 bridgehead atoms. The normalized spacial score (nSPS) is 10.7. The lowest BCUT2D eigenvalue weighted by molar-refractivity contribution is 0.0692. The first-order valence-electron chi connectivity index (χ1n) is 6.82. The van der Waals surface area contributed by atoms with Gasteiger partial charge in [0.25, 0.3) is 0 Å². The van der Waals surface area contributed by atoms with Gasteiger partial charge in [0, 0.05) is 18.3 Å². The lowest BCUT2D eigenvalue weighted by Crippen LogP contribution is -2.30. The van der Waals surface area contributed by atoms with E-state index in [1.165, 1.54) is 12.1 Å². The molecule has 0 amide bonds. The second-order valence-electron chi connectivity index (χ2n) is 5.18. The Morgan fingerprint density at radius 1 is 1.19 bits per heavy atom. The minimum atomic E-state index is -1.25. The van der Waals surface area contributed by atoms with Crippen LogP contribution in [-0.4, -0.2) is 17.1 Å². The molecule has 2 rings (SSSR count). The smallest absolute Gasteiger partial charge is 0.338 e. The number of carboxylic acids is 1. The van der Waals surface area contributed by atoms with Crippen molar-refractivity contribution >= 4 is 11.7 Å². The average molecular weight is 287 g/mol. The van der Waals surface area contributed by atoms with Crippen molar-refractivity contribution in [2.45, 2.75) is 26.4 Å². The molecule has 0 aliphatic heterocycles. The topological polar surface area (TPSA) is 40.5 Å². The summed E-state index contributed by atoms with van der Waals surface area (Å²) in [5, 5.41) is 8.89. The van der Waals surface area contributed by atoms with Gasteiger partial charge in [-0.2, -0.15) is 0 Å². The van der Waals surface area contributed by atoms with E-state index in [4.69, 9.17) is 5.11 Å². The van der Waals surface area contributed by atoms with Crippen molar-refractivity contribution in [3.63, 3.8) is 0 Å². The summed E-state index contributed by atoms with van der Waals surface area (Å²) in [5.41, 5.74) is 1.49. The fraction of sp³-hybridized carbons (Fsp3) is 0.235. The molecule has 0 radical (unpaired) electrons. The molecule has 0 aliphatic rings. The molecule has 0 spiro atoms. The molecule has 3 nitrogen and oxygen atoms in total. The first-order valence-corrected chi connectivity index (χ1v) is 6.82. The van der Waals surface area contributed by atoms with Crippen LogP contribution in [0.3, 0.4) is 0 Å². The monoisotopic (exact) mass is 287 g/mol. The Bertz CT molecular complexity index is 626. The van der Waals surface area contributed by atoms with E-state index in [-0.39, 0.29) is 11.6 Å². The van der Waals surface area contributed by atoms with Crippen LogP contribution in [0.5, 0.6) is 0 Å². The summed E-state index contributed by atoms with van der Waals surface area (Å²) < 4.78 is 13.9. The van der Waals surface area contributed by atoms with Gasteiger partial charge in [-0.1, -0.05) is 30.3 Å². The molecule has 4 heteroatoms. The lowest BCUT2D eigenvalue weighted by Gasteiger charge is -2.29. The SMILES string of the molecule is CC(C)N(Cc1ccccc1)c1ccc(C(=O)O)c(F)c1. The number of nitrogens with zero attached hydrogens (tertiary/aromatic N) is 1. The Kier molecular flexibility index (Phi) is 4.58.